The van der Waals surface area contributed by atoms with Crippen molar-refractivity contribution in [3.05, 3.63) is 51.8 Å². The number of hydrogen-bond acceptors (Lipinski definition) is 7. The second-order valence-corrected chi connectivity index (χ2v) is 4.54. The molecule has 0 amide bonds. The van der Waals surface area contributed by atoms with E-state index < -0.39 is 22.5 Å². The molecular weight excluding hydrogens is 320 g/mol. The van der Waals surface area contributed by atoms with Gasteiger partial charge in [0.05, 0.1) is 32.3 Å². The van der Waals surface area contributed by atoms with Crippen LogP contribution in [-0.2, 0) is 4.74 Å². The molecule has 1 aromatic carbocycles. The van der Waals surface area contributed by atoms with Gasteiger partial charge in [0.15, 0.2) is 11.5 Å². The van der Waals surface area contributed by atoms with Crippen LogP contribution in [0, 0.1) is 10.1 Å². The number of nitro benzene ring substituents is 1. The normalized spacial score (nSPS) is 10.1. The number of esters is 1. The number of benzene rings is 1. The van der Waals surface area contributed by atoms with Gasteiger partial charge in [0, 0.05) is 12.3 Å². The molecule has 0 aliphatic rings. The van der Waals surface area contributed by atoms with E-state index in [1.165, 1.54) is 45.7 Å². The van der Waals surface area contributed by atoms with Gasteiger partial charge in [0.1, 0.15) is 11.3 Å². The second kappa shape index (κ2) is 6.82. The molecule has 126 valence electrons. The molecule has 0 saturated heterocycles. The predicted octanol–water partition coefficient (Wildman–Crippen LogP) is 1.89. The quantitative estimate of drug-likeness (QED) is 0.466. The molecule has 24 heavy (non-hydrogen) atoms. The van der Waals surface area contributed by atoms with Crippen molar-refractivity contribution in [2.75, 3.05) is 21.3 Å². The molecule has 1 aromatic heterocycles. The molecule has 2 aromatic rings. The molecule has 0 aliphatic carbocycles. The van der Waals surface area contributed by atoms with Crippen LogP contribution in [0.2, 0.25) is 0 Å². The van der Waals surface area contributed by atoms with Crippen molar-refractivity contribution < 1.29 is 28.7 Å². The molecule has 0 N–H and O–H groups in total. The monoisotopic (exact) mass is 334 g/mol. The molecule has 0 saturated carbocycles. The molecule has 0 unspecified atom stereocenters. The minimum atomic E-state index is -0.770. The molecular formula is C15H14N2O7. The molecule has 0 aliphatic heterocycles. The molecule has 0 spiro atoms. The summed E-state index contributed by atoms with van der Waals surface area (Å²) in [5.74, 6) is -1.25. The lowest BCUT2D eigenvalue weighted by Crippen LogP contribution is -2.19. The van der Waals surface area contributed by atoms with Crippen molar-refractivity contribution in [1.29, 1.82) is 0 Å². The maximum Gasteiger partial charge on any atom is 0.355 e. The van der Waals surface area contributed by atoms with Gasteiger partial charge >= 0.3 is 5.97 Å². The van der Waals surface area contributed by atoms with Crippen molar-refractivity contribution in [2.45, 2.75) is 0 Å². The number of aromatic nitrogens is 1. The zero-order valence-electron chi connectivity index (χ0n) is 13.1. The van der Waals surface area contributed by atoms with Gasteiger partial charge in [-0.25, -0.2) is 4.79 Å². The first kappa shape index (κ1) is 17.0. The minimum absolute atomic E-state index is 0.0495. The highest BCUT2D eigenvalue weighted by Crippen LogP contribution is 2.35. The van der Waals surface area contributed by atoms with E-state index in [2.05, 4.69) is 4.74 Å². The Labute approximate surface area is 136 Å². The van der Waals surface area contributed by atoms with Gasteiger partial charge in [-0.1, -0.05) is 0 Å². The molecule has 9 heteroatoms. The maximum absolute atomic E-state index is 12.7. The van der Waals surface area contributed by atoms with Crippen molar-refractivity contribution in [3.63, 3.8) is 0 Å². The highest BCUT2D eigenvalue weighted by molar-refractivity contribution is 6.04. The lowest BCUT2D eigenvalue weighted by molar-refractivity contribution is -0.385. The molecule has 2 rings (SSSR count). The van der Waals surface area contributed by atoms with Crippen LogP contribution in [0.15, 0.2) is 30.5 Å². The maximum atomic E-state index is 12.7. The average molecular weight is 334 g/mol. The van der Waals surface area contributed by atoms with Gasteiger partial charge in [-0.05, 0) is 12.1 Å². The van der Waals surface area contributed by atoms with Gasteiger partial charge < -0.3 is 14.2 Å². The Morgan fingerprint density at radius 3 is 2.29 bits per heavy atom. The smallest absolute Gasteiger partial charge is 0.355 e. The fraction of sp³-hybridized carbons (Fsp3) is 0.200. The Balaban J connectivity index is 2.63. The zero-order valence-corrected chi connectivity index (χ0v) is 13.1. The first-order valence-corrected chi connectivity index (χ1v) is 6.65. The number of rotatable bonds is 5. The summed E-state index contributed by atoms with van der Waals surface area (Å²) in [7, 11) is 3.83. The Morgan fingerprint density at radius 2 is 1.75 bits per heavy atom. The van der Waals surface area contributed by atoms with Crippen LogP contribution < -0.4 is 9.47 Å². The average Bonchev–Trinajstić information content (AvgIpc) is 3.08. The summed E-state index contributed by atoms with van der Waals surface area (Å²) in [5, 5.41) is 11.3. The van der Waals surface area contributed by atoms with Crippen LogP contribution in [0.5, 0.6) is 11.5 Å². The molecule has 0 bridgehead atoms. The Kier molecular flexibility index (Phi) is 4.83. The highest BCUT2D eigenvalue weighted by atomic mass is 16.6. The highest BCUT2D eigenvalue weighted by Gasteiger charge is 2.27. The summed E-state index contributed by atoms with van der Waals surface area (Å²) in [4.78, 5) is 35.0. The third-order valence-electron chi connectivity index (χ3n) is 3.29. The summed E-state index contributed by atoms with van der Waals surface area (Å²) in [6.07, 6.45) is 1.31. The standard InChI is InChI=1S/C15H14N2O7/c1-22-12-7-9(11(17(20)21)8-13(12)23-2)14(18)16-6-4-5-10(16)15(19)24-3/h4-8H,1-3H3. The van der Waals surface area contributed by atoms with Gasteiger partial charge in [-0.2, -0.15) is 0 Å². The van der Waals surface area contributed by atoms with E-state index in [9.17, 15) is 19.7 Å². The number of carbonyl (C=O) groups excluding carboxylic acids is 2. The summed E-state index contributed by atoms with van der Waals surface area (Å²) < 4.78 is 15.6. The summed E-state index contributed by atoms with van der Waals surface area (Å²) in [6.45, 7) is 0. The van der Waals surface area contributed by atoms with Crippen LogP contribution in [0.1, 0.15) is 20.8 Å². The van der Waals surface area contributed by atoms with Crippen LogP contribution in [-0.4, -0.2) is 42.7 Å². The Morgan fingerprint density at radius 1 is 1.12 bits per heavy atom. The summed E-state index contributed by atoms with van der Waals surface area (Å²) in [5.41, 5.74) is -0.771. The van der Waals surface area contributed by atoms with E-state index in [0.717, 1.165) is 10.6 Å². The fourth-order valence-electron chi connectivity index (χ4n) is 2.15. The number of hydrogen-bond donors (Lipinski definition) is 0. The number of carbonyl (C=O) groups is 2. The SMILES string of the molecule is COC(=O)c1cccn1C(=O)c1cc(OC)c(OC)cc1[N+](=O)[O-]. The third-order valence-corrected chi connectivity index (χ3v) is 3.29. The molecule has 1 heterocycles. The summed E-state index contributed by atoms with van der Waals surface area (Å²) >= 11 is 0. The van der Waals surface area contributed by atoms with Crippen LogP contribution >= 0.6 is 0 Å². The van der Waals surface area contributed by atoms with E-state index in [1.54, 1.807) is 0 Å². The topological polar surface area (TPSA) is 110 Å². The van der Waals surface area contributed by atoms with E-state index in [-0.39, 0.29) is 22.8 Å². The van der Waals surface area contributed by atoms with Crippen LogP contribution in [0.25, 0.3) is 0 Å². The molecule has 9 nitrogen and oxygen atoms in total. The van der Waals surface area contributed by atoms with E-state index in [4.69, 9.17) is 9.47 Å². The van der Waals surface area contributed by atoms with Crippen molar-refractivity contribution in [3.8, 4) is 11.5 Å². The van der Waals surface area contributed by atoms with Crippen molar-refractivity contribution in [1.82, 2.24) is 4.57 Å². The lowest BCUT2D eigenvalue weighted by atomic mass is 10.1. The van der Waals surface area contributed by atoms with Gasteiger partial charge in [-0.3, -0.25) is 19.5 Å². The molecule has 0 fully saturated rings. The largest absolute Gasteiger partial charge is 0.493 e. The predicted molar refractivity (Wildman–Crippen MR) is 81.7 cm³/mol. The number of ether oxygens (including phenoxy) is 3. The zero-order chi connectivity index (χ0) is 17.9. The van der Waals surface area contributed by atoms with Crippen molar-refractivity contribution in [2.24, 2.45) is 0 Å². The Hall–Kier alpha value is -3.36. The molecule has 0 radical (unpaired) electrons. The van der Waals surface area contributed by atoms with Crippen LogP contribution in [0.3, 0.4) is 0 Å². The fourth-order valence-corrected chi connectivity index (χ4v) is 2.15. The van der Waals surface area contributed by atoms with Gasteiger partial charge in [0.25, 0.3) is 11.6 Å². The first-order valence-electron chi connectivity index (χ1n) is 6.65. The first-order chi connectivity index (χ1) is 11.4. The van der Waals surface area contributed by atoms with E-state index in [0.29, 0.717) is 0 Å². The van der Waals surface area contributed by atoms with Crippen molar-refractivity contribution >= 4 is 17.6 Å². The minimum Gasteiger partial charge on any atom is -0.493 e. The Bertz CT molecular complexity index is 810. The molecule has 0 atom stereocenters. The second-order valence-electron chi connectivity index (χ2n) is 4.54. The number of methoxy groups -OCH3 is 3. The van der Waals surface area contributed by atoms with E-state index in [1.807, 2.05) is 0 Å². The lowest BCUT2D eigenvalue weighted by Gasteiger charge is -2.11. The number of nitrogens with zero attached hydrogens (tertiary/aromatic N) is 2. The summed E-state index contributed by atoms with van der Waals surface area (Å²) in [6, 6.07) is 5.11. The van der Waals surface area contributed by atoms with Gasteiger partial charge in [0.2, 0.25) is 0 Å². The number of nitro groups is 1. The third kappa shape index (κ3) is 2.91. The van der Waals surface area contributed by atoms with E-state index >= 15 is 0 Å². The van der Waals surface area contributed by atoms with Crippen LogP contribution in [0.4, 0.5) is 5.69 Å². The van der Waals surface area contributed by atoms with Gasteiger partial charge in [-0.15, -0.1) is 0 Å².